The standard InChI is InChI=1S/C37H38ClN3O7/c1-46-32-19-28-30(42)20-34(48-31(28)21-33(32)47-2)36(44)39-29(18-23-9-11-26(38)12-10-23)37(45)40-16-13-24(14-17-40)27-7-4-3-6-25(27)22-41-15-5-8-35(41)43/h3-4,6-7,9-12,19-21,24,29H,5,8,13-18,22H2,1-2H3,(H,39,44)/t29-/m1/s1. The summed E-state index contributed by atoms with van der Waals surface area (Å²) in [6.07, 6.45) is 3.23. The molecule has 4 aromatic rings. The monoisotopic (exact) mass is 671 g/mol. The zero-order chi connectivity index (χ0) is 33.8. The van der Waals surface area contributed by atoms with Crippen LogP contribution in [0.5, 0.6) is 11.5 Å². The molecule has 0 bridgehead atoms. The van der Waals surface area contributed by atoms with Crippen LogP contribution in [0, 0.1) is 0 Å². The summed E-state index contributed by atoms with van der Waals surface area (Å²) in [5, 5.41) is 3.64. The van der Waals surface area contributed by atoms with E-state index >= 15 is 0 Å². The Kier molecular flexibility index (Phi) is 10.0. The average molecular weight is 672 g/mol. The van der Waals surface area contributed by atoms with Crippen LogP contribution in [0.4, 0.5) is 0 Å². The molecule has 1 aromatic heterocycles. The SMILES string of the molecule is COc1cc2oc(C(=O)N[C@H](Cc3ccc(Cl)cc3)C(=O)N3CCC(c4ccccc4CN4CCCC4=O)CC3)cc(=O)c2cc1OC. The molecule has 3 amide bonds. The van der Waals surface area contributed by atoms with Gasteiger partial charge in [-0.05, 0) is 60.1 Å². The highest BCUT2D eigenvalue weighted by Gasteiger charge is 2.32. The molecule has 1 N–H and O–H groups in total. The Morgan fingerprint density at radius 1 is 0.958 bits per heavy atom. The first-order chi connectivity index (χ1) is 23.2. The van der Waals surface area contributed by atoms with E-state index in [0.717, 1.165) is 43.0 Å². The van der Waals surface area contributed by atoms with Crippen LogP contribution >= 0.6 is 11.6 Å². The average Bonchev–Trinajstić information content (AvgIpc) is 3.51. The zero-order valence-electron chi connectivity index (χ0n) is 27.0. The minimum Gasteiger partial charge on any atom is -0.493 e. The third kappa shape index (κ3) is 7.18. The molecule has 1 atom stereocenters. The van der Waals surface area contributed by atoms with Gasteiger partial charge in [-0.25, -0.2) is 0 Å². The van der Waals surface area contributed by atoms with Gasteiger partial charge in [0.2, 0.25) is 11.8 Å². The normalized spacial score (nSPS) is 15.9. The van der Waals surface area contributed by atoms with Gasteiger partial charge in [-0.15, -0.1) is 0 Å². The number of carbonyl (C=O) groups is 3. The number of halogens is 1. The van der Waals surface area contributed by atoms with Gasteiger partial charge in [0.1, 0.15) is 11.6 Å². The number of carbonyl (C=O) groups excluding carboxylic acids is 3. The molecule has 2 fully saturated rings. The number of hydrogen-bond donors (Lipinski definition) is 1. The molecule has 10 nitrogen and oxygen atoms in total. The van der Waals surface area contributed by atoms with Gasteiger partial charge in [-0.3, -0.25) is 19.2 Å². The van der Waals surface area contributed by atoms with Gasteiger partial charge in [-0.2, -0.15) is 0 Å². The lowest BCUT2D eigenvalue weighted by molar-refractivity contribution is -0.134. The predicted octanol–water partition coefficient (Wildman–Crippen LogP) is 5.33. The lowest BCUT2D eigenvalue weighted by Crippen LogP contribution is -2.51. The number of fused-ring (bicyclic) bond motifs is 1. The summed E-state index contributed by atoms with van der Waals surface area (Å²) in [7, 11) is 2.93. The van der Waals surface area contributed by atoms with Gasteiger partial charge < -0.3 is 29.0 Å². The summed E-state index contributed by atoms with van der Waals surface area (Å²) >= 11 is 6.11. The number of nitrogens with one attached hydrogen (secondary N) is 1. The lowest BCUT2D eigenvalue weighted by Gasteiger charge is -2.35. The molecule has 0 saturated carbocycles. The summed E-state index contributed by atoms with van der Waals surface area (Å²) in [5.74, 6) is 0.0184. The summed E-state index contributed by atoms with van der Waals surface area (Å²) in [5.41, 5.74) is 2.91. The fourth-order valence-electron chi connectivity index (χ4n) is 6.66. The van der Waals surface area contributed by atoms with Crippen LogP contribution in [-0.4, -0.2) is 67.4 Å². The molecule has 2 aliphatic rings. The number of rotatable bonds is 10. The van der Waals surface area contributed by atoms with Crippen molar-refractivity contribution in [2.45, 2.75) is 50.6 Å². The number of nitrogens with zero attached hydrogens (tertiary/aromatic N) is 2. The summed E-state index contributed by atoms with van der Waals surface area (Å²) in [4.78, 5) is 56.7. The second kappa shape index (κ2) is 14.5. The van der Waals surface area contributed by atoms with Crippen molar-refractivity contribution in [1.82, 2.24) is 15.1 Å². The molecule has 2 saturated heterocycles. The highest BCUT2D eigenvalue weighted by Crippen LogP contribution is 2.33. The van der Waals surface area contributed by atoms with Gasteiger partial charge in [0.25, 0.3) is 5.91 Å². The molecule has 11 heteroatoms. The van der Waals surface area contributed by atoms with Crippen molar-refractivity contribution in [3.05, 3.63) is 104 Å². The van der Waals surface area contributed by atoms with Crippen LogP contribution in [-0.2, 0) is 22.6 Å². The van der Waals surface area contributed by atoms with Crippen molar-refractivity contribution in [3.8, 4) is 11.5 Å². The second-order valence-corrected chi connectivity index (χ2v) is 12.7. The second-order valence-electron chi connectivity index (χ2n) is 12.3. The van der Waals surface area contributed by atoms with Crippen molar-refractivity contribution < 1.29 is 28.3 Å². The highest BCUT2D eigenvalue weighted by atomic mass is 35.5. The van der Waals surface area contributed by atoms with Gasteiger partial charge in [0.15, 0.2) is 22.7 Å². The number of amides is 3. The van der Waals surface area contributed by atoms with Crippen LogP contribution in [0.3, 0.4) is 0 Å². The van der Waals surface area contributed by atoms with Crippen molar-refractivity contribution in [1.29, 1.82) is 0 Å². The van der Waals surface area contributed by atoms with E-state index in [-0.39, 0.29) is 40.9 Å². The first kappa shape index (κ1) is 33.1. The van der Waals surface area contributed by atoms with Crippen molar-refractivity contribution in [2.24, 2.45) is 0 Å². The maximum atomic E-state index is 14.1. The number of ether oxygens (including phenoxy) is 2. The molecule has 3 heterocycles. The van der Waals surface area contributed by atoms with Crippen molar-refractivity contribution >= 4 is 40.3 Å². The van der Waals surface area contributed by atoms with Gasteiger partial charge >= 0.3 is 0 Å². The van der Waals surface area contributed by atoms with E-state index in [1.54, 1.807) is 17.0 Å². The maximum Gasteiger partial charge on any atom is 0.287 e. The topological polar surface area (TPSA) is 118 Å². The Labute approximate surface area is 283 Å². The molecule has 6 rings (SSSR count). The van der Waals surface area contributed by atoms with E-state index in [1.165, 1.54) is 31.9 Å². The molecule has 48 heavy (non-hydrogen) atoms. The number of benzene rings is 3. The first-order valence-electron chi connectivity index (χ1n) is 16.1. The zero-order valence-corrected chi connectivity index (χ0v) is 27.8. The fraction of sp³-hybridized carbons (Fsp3) is 0.351. The van der Waals surface area contributed by atoms with Gasteiger partial charge in [0, 0.05) is 56.2 Å². The van der Waals surface area contributed by atoms with E-state index < -0.39 is 17.4 Å². The third-order valence-electron chi connectivity index (χ3n) is 9.25. The molecule has 0 unspecified atom stereocenters. The summed E-state index contributed by atoms with van der Waals surface area (Å²) < 4.78 is 16.5. The largest absolute Gasteiger partial charge is 0.493 e. The van der Waals surface area contributed by atoms with E-state index in [9.17, 15) is 19.2 Å². The summed E-state index contributed by atoms with van der Waals surface area (Å²) in [6.45, 7) is 2.42. The van der Waals surface area contributed by atoms with E-state index in [1.807, 2.05) is 29.2 Å². The minimum atomic E-state index is -0.921. The smallest absolute Gasteiger partial charge is 0.287 e. The molecular weight excluding hydrogens is 634 g/mol. The maximum absolute atomic E-state index is 14.1. The highest BCUT2D eigenvalue weighted by molar-refractivity contribution is 6.30. The number of methoxy groups -OCH3 is 2. The quantitative estimate of drug-likeness (QED) is 0.242. The Morgan fingerprint density at radius 3 is 2.35 bits per heavy atom. The van der Waals surface area contributed by atoms with Crippen molar-refractivity contribution in [2.75, 3.05) is 33.9 Å². The molecule has 0 spiro atoms. The molecule has 2 aliphatic heterocycles. The Bertz CT molecular complexity index is 1880. The third-order valence-corrected chi connectivity index (χ3v) is 9.50. The van der Waals surface area contributed by atoms with Crippen LogP contribution in [0.25, 0.3) is 11.0 Å². The Balaban J connectivity index is 1.20. The predicted molar refractivity (Wildman–Crippen MR) is 182 cm³/mol. The lowest BCUT2D eigenvalue weighted by atomic mass is 9.86. The van der Waals surface area contributed by atoms with Crippen LogP contribution in [0.1, 0.15) is 58.8 Å². The number of hydrogen-bond acceptors (Lipinski definition) is 7. The van der Waals surface area contributed by atoms with E-state index in [2.05, 4.69) is 17.4 Å². The Morgan fingerprint density at radius 2 is 1.67 bits per heavy atom. The molecule has 0 aliphatic carbocycles. The first-order valence-corrected chi connectivity index (χ1v) is 16.5. The van der Waals surface area contributed by atoms with Crippen LogP contribution in [0.2, 0.25) is 5.02 Å². The van der Waals surface area contributed by atoms with Crippen molar-refractivity contribution in [3.63, 3.8) is 0 Å². The molecular formula is C37H38ClN3O7. The molecule has 0 radical (unpaired) electrons. The number of piperidine rings is 1. The molecule has 3 aromatic carbocycles. The van der Waals surface area contributed by atoms with E-state index in [4.69, 9.17) is 25.5 Å². The van der Waals surface area contributed by atoms with Crippen LogP contribution in [0.15, 0.2) is 75.9 Å². The fourth-order valence-corrected chi connectivity index (χ4v) is 6.79. The van der Waals surface area contributed by atoms with Gasteiger partial charge in [0.05, 0.1) is 19.6 Å². The Hall–Kier alpha value is -4.83. The van der Waals surface area contributed by atoms with Crippen LogP contribution < -0.4 is 20.2 Å². The van der Waals surface area contributed by atoms with E-state index in [0.29, 0.717) is 42.6 Å². The number of likely N-dealkylation sites (tertiary alicyclic amines) is 2. The van der Waals surface area contributed by atoms with Gasteiger partial charge in [-0.1, -0.05) is 48.0 Å². The molecule has 250 valence electrons. The summed E-state index contributed by atoms with van der Waals surface area (Å²) in [6, 6.07) is 18.6. The minimum absolute atomic E-state index is 0.155.